The van der Waals surface area contributed by atoms with Crippen LogP contribution in [0, 0.1) is 5.92 Å². The number of aromatic nitrogens is 6. The molecule has 43 heavy (non-hydrogen) atoms. The highest BCUT2D eigenvalue weighted by Crippen LogP contribution is 2.35. The number of halogens is 1. The molecule has 0 bridgehead atoms. The van der Waals surface area contributed by atoms with Gasteiger partial charge >= 0.3 is 0 Å². The fraction of sp³-hybridized carbons (Fsp3) is 0.300. The predicted molar refractivity (Wildman–Crippen MR) is 153 cm³/mol. The van der Waals surface area contributed by atoms with Crippen molar-refractivity contribution in [2.45, 2.75) is 18.6 Å². The molecular formula is C30H28FN9O3. The summed E-state index contributed by atoms with van der Waals surface area (Å²) in [6.07, 6.45) is 0.755. The van der Waals surface area contributed by atoms with E-state index in [1.807, 2.05) is 30.3 Å². The minimum atomic E-state index is -1.07. The Bertz CT molecular complexity index is 1800. The first kappa shape index (κ1) is 26.8. The fourth-order valence-electron chi connectivity index (χ4n) is 5.39. The van der Waals surface area contributed by atoms with Gasteiger partial charge in [0.1, 0.15) is 17.4 Å². The number of piperazine rings is 1. The number of amides is 2. The summed E-state index contributed by atoms with van der Waals surface area (Å²) >= 11 is 0. The van der Waals surface area contributed by atoms with Crippen LogP contribution in [0.5, 0.6) is 0 Å². The van der Waals surface area contributed by atoms with Crippen molar-refractivity contribution in [3.63, 3.8) is 0 Å². The monoisotopic (exact) mass is 581 g/mol. The Labute approximate surface area is 245 Å². The lowest BCUT2D eigenvalue weighted by atomic mass is 10.0. The third-order valence-electron chi connectivity index (χ3n) is 7.78. The van der Waals surface area contributed by atoms with E-state index in [2.05, 4.69) is 35.6 Å². The maximum Gasteiger partial charge on any atom is 0.272 e. The number of rotatable bonds is 7. The molecule has 7 rings (SSSR count). The zero-order valence-corrected chi connectivity index (χ0v) is 23.3. The SMILES string of the molecule is Cn1nnc(C(c2ccccc2)N2CCN(C(=O)c3cc(-c4nc5cc(NC(=O)[C@H]6C[C@@H]6F)ccc5o4)ccn3)CC2)n1. The van der Waals surface area contributed by atoms with Crippen LogP contribution in [0.15, 0.2) is 71.3 Å². The first-order valence-electron chi connectivity index (χ1n) is 14.1. The van der Waals surface area contributed by atoms with Gasteiger partial charge in [-0.15, -0.1) is 10.2 Å². The second kappa shape index (κ2) is 11.0. The van der Waals surface area contributed by atoms with E-state index < -0.39 is 12.1 Å². The van der Waals surface area contributed by atoms with Gasteiger partial charge in [0.25, 0.3) is 5.91 Å². The van der Waals surface area contributed by atoms with Crippen LogP contribution in [0.3, 0.4) is 0 Å². The van der Waals surface area contributed by atoms with Gasteiger partial charge in [-0.3, -0.25) is 19.5 Å². The molecule has 1 aliphatic carbocycles. The van der Waals surface area contributed by atoms with E-state index in [-0.39, 0.29) is 24.3 Å². The van der Waals surface area contributed by atoms with Crippen LogP contribution in [0.2, 0.25) is 0 Å². The number of carbonyl (C=O) groups is 2. The van der Waals surface area contributed by atoms with E-state index in [0.717, 1.165) is 5.56 Å². The highest BCUT2D eigenvalue weighted by Gasteiger charge is 2.43. The number of anilines is 1. The number of tetrazole rings is 1. The first-order chi connectivity index (χ1) is 20.9. The van der Waals surface area contributed by atoms with Gasteiger partial charge < -0.3 is 14.6 Å². The van der Waals surface area contributed by atoms with E-state index in [1.165, 1.54) is 4.80 Å². The lowest BCUT2D eigenvalue weighted by Gasteiger charge is -2.38. The number of nitrogens with zero attached hydrogens (tertiary/aromatic N) is 8. The molecule has 0 spiro atoms. The second-order valence-corrected chi connectivity index (χ2v) is 10.8. The van der Waals surface area contributed by atoms with E-state index >= 15 is 0 Å². The molecule has 2 amide bonds. The van der Waals surface area contributed by atoms with Crippen molar-refractivity contribution in [1.29, 1.82) is 0 Å². The van der Waals surface area contributed by atoms with Crippen molar-refractivity contribution in [3.8, 4) is 11.5 Å². The molecular weight excluding hydrogens is 553 g/mol. The number of oxazole rings is 1. The van der Waals surface area contributed by atoms with E-state index in [0.29, 0.717) is 65.9 Å². The Morgan fingerprint density at radius 2 is 1.84 bits per heavy atom. The van der Waals surface area contributed by atoms with Gasteiger partial charge in [-0.1, -0.05) is 30.3 Å². The number of pyridine rings is 1. The molecule has 2 fully saturated rings. The van der Waals surface area contributed by atoms with Crippen molar-refractivity contribution >= 4 is 28.6 Å². The molecule has 1 N–H and O–H groups in total. The molecule has 1 saturated heterocycles. The van der Waals surface area contributed by atoms with Gasteiger partial charge in [-0.05, 0) is 47.5 Å². The van der Waals surface area contributed by atoms with Crippen molar-refractivity contribution in [2.75, 3.05) is 31.5 Å². The summed E-state index contributed by atoms with van der Waals surface area (Å²) in [7, 11) is 1.74. The zero-order chi connectivity index (χ0) is 29.5. The normalized spacial score (nSPS) is 19.3. The summed E-state index contributed by atoms with van der Waals surface area (Å²) in [5, 5.41) is 15.5. The molecule has 12 nitrogen and oxygen atoms in total. The summed E-state index contributed by atoms with van der Waals surface area (Å²) in [6.45, 7) is 2.27. The molecule has 1 aliphatic heterocycles. The average molecular weight is 582 g/mol. The summed E-state index contributed by atoms with van der Waals surface area (Å²) in [4.78, 5) is 40.0. The Balaban J connectivity index is 1.05. The molecule has 3 atom stereocenters. The fourth-order valence-corrected chi connectivity index (χ4v) is 5.39. The van der Waals surface area contributed by atoms with Gasteiger partial charge in [-0.2, -0.15) is 4.80 Å². The van der Waals surface area contributed by atoms with Crippen LogP contribution in [0.25, 0.3) is 22.6 Å². The number of hydrogen-bond donors (Lipinski definition) is 1. The molecule has 1 unspecified atom stereocenters. The van der Waals surface area contributed by atoms with Gasteiger partial charge in [0.15, 0.2) is 11.4 Å². The zero-order valence-electron chi connectivity index (χ0n) is 23.3. The Morgan fingerprint density at radius 3 is 2.56 bits per heavy atom. The largest absolute Gasteiger partial charge is 0.436 e. The van der Waals surface area contributed by atoms with Gasteiger partial charge in [0.05, 0.1) is 19.0 Å². The summed E-state index contributed by atoms with van der Waals surface area (Å²) < 4.78 is 19.2. The minimum absolute atomic E-state index is 0.170. The number of carbonyl (C=O) groups excluding carboxylic acids is 2. The third-order valence-corrected chi connectivity index (χ3v) is 7.78. The van der Waals surface area contributed by atoms with Crippen LogP contribution in [0.4, 0.5) is 10.1 Å². The van der Waals surface area contributed by atoms with E-state index in [1.54, 1.807) is 48.5 Å². The lowest BCUT2D eigenvalue weighted by molar-refractivity contribution is -0.117. The molecule has 3 aromatic heterocycles. The predicted octanol–water partition coefficient (Wildman–Crippen LogP) is 3.26. The number of alkyl halides is 1. The smallest absolute Gasteiger partial charge is 0.272 e. The standard InChI is InChI=1S/C30H28FN9O3/c1-38-36-27(35-37-38)26(18-5-3-2-4-6-18)39-11-13-40(14-12-39)30(42)24-15-19(9-10-32-24)29-34-23-16-20(7-8-25(23)43-29)33-28(41)21-17-22(21)31/h2-10,15-16,21-22,26H,11-14,17H2,1H3,(H,33,41)/t21-,22-,26?/m0/s1. The van der Waals surface area contributed by atoms with Gasteiger partial charge in [-0.25, -0.2) is 9.37 Å². The van der Waals surface area contributed by atoms with E-state index in [9.17, 15) is 14.0 Å². The topological polar surface area (TPSA) is 135 Å². The quantitative estimate of drug-likeness (QED) is 0.307. The van der Waals surface area contributed by atoms with Crippen LogP contribution >= 0.6 is 0 Å². The summed E-state index contributed by atoms with van der Waals surface area (Å²) in [6, 6.07) is 18.3. The Morgan fingerprint density at radius 1 is 1.05 bits per heavy atom. The summed E-state index contributed by atoms with van der Waals surface area (Å²) in [5.74, 6) is -0.155. The Kier molecular flexibility index (Phi) is 6.86. The molecule has 0 radical (unpaired) electrons. The molecule has 1 saturated carbocycles. The van der Waals surface area contributed by atoms with Crippen LogP contribution < -0.4 is 5.32 Å². The third kappa shape index (κ3) is 5.46. The summed E-state index contributed by atoms with van der Waals surface area (Å²) in [5.41, 5.74) is 3.54. The van der Waals surface area contributed by atoms with Crippen LogP contribution in [-0.2, 0) is 11.8 Å². The number of aryl methyl sites for hydroxylation is 1. The molecule has 218 valence electrons. The number of hydrogen-bond acceptors (Lipinski definition) is 9. The first-order valence-corrected chi connectivity index (χ1v) is 14.1. The lowest BCUT2D eigenvalue weighted by Crippen LogP contribution is -2.50. The average Bonchev–Trinajstić information content (AvgIpc) is 3.39. The molecule has 13 heteroatoms. The number of benzene rings is 2. The highest BCUT2D eigenvalue weighted by atomic mass is 19.1. The highest BCUT2D eigenvalue weighted by molar-refractivity contribution is 5.96. The number of nitrogens with one attached hydrogen (secondary N) is 1. The maximum absolute atomic E-state index is 13.5. The second-order valence-electron chi connectivity index (χ2n) is 10.8. The number of fused-ring (bicyclic) bond motifs is 1. The molecule has 2 aliphatic rings. The van der Waals surface area contributed by atoms with E-state index in [4.69, 9.17) is 4.42 Å². The Hall–Kier alpha value is -5.04. The van der Waals surface area contributed by atoms with Crippen molar-refractivity contribution < 1.29 is 18.4 Å². The van der Waals surface area contributed by atoms with Crippen LogP contribution in [-0.4, -0.2) is 84.1 Å². The molecule has 5 aromatic rings. The van der Waals surface area contributed by atoms with Gasteiger partial charge in [0, 0.05) is 43.6 Å². The maximum atomic E-state index is 13.5. The molecule has 2 aromatic carbocycles. The minimum Gasteiger partial charge on any atom is -0.436 e. The molecule has 4 heterocycles. The van der Waals surface area contributed by atoms with Crippen molar-refractivity contribution in [3.05, 3.63) is 83.9 Å². The van der Waals surface area contributed by atoms with Crippen molar-refractivity contribution in [2.24, 2.45) is 13.0 Å². The van der Waals surface area contributed by atoms with Crippen molar-refractivity contribution in [1.82, 2.24) is 40.0 Å². The van der Waals surface area contributed by atoms with Crippen LogP contribution in [0.1, 0.15) is 34.3 Å². The van der Waals surface area contributed by atoms with Gasteiger partial charge in [0.2, 0.25) is 11.8 Å².